The molecule has 19 heavy (non-hydrogen) atoms. The van der Waals surface area contributed by atoms with Crippen LogP contribution in [0.1, 0.15) is 50.3 Å². The Kier molecular flexibility index (Phi) is 2.66. The quantitative estimate of drug-likeness (QED) is 0.906. The van der Waals surface area contributed by atoms with Crippen molar-refractivity contribution < 1.29 is 0 Å². The van der Waals surface area contributed by atoms with Gasteiger partial charge in [-0.3, -0.25) is 4.68 Å². The van der Waals surface area contributed by atoms with Gasteiger partial charge in [0.1, 0.15) is 0 Å². The van der Waals surface area contributed by atoms with Crippen molar-refractivity contribution in [1.82, 2.24) is 9.78 Å². The first-order valence-electron chi connectivity index (χ1n) is 7.50. The maximum absolute atomic E-state index is 6.75. The zero-order valence-corrected chi connectivity index (χ0v) is 13.1. The first kappa shape index (κ1) is 12.4. The van der Waals surface area contributed by atoms with Crippen molar-refractivity contribution in [2.24, 2.45) is 36.0 Å². The average Bonchev–Trinajstić information content (AvgIpc) is 2.66. The maximum atomic E-state index is 6.75. The number of halogens is 1. The van der Waals surface area contributed by atoms with Crippen molar-refractivity contribution in [3.8, 4) is 0 Å². The molecule has 1 aromatic rings. The molecule has 4 aliphatic rings. The third-order valence-corrected chi connectivity index (χ3v) is 6.59. The van der Waals surface area contributed by atoms with Crippen molar-refractivity contribution in [3.05, 3.63) is 16.4 Å². The maximum Gasteiger partial charge on any atom is 0.0695 e. The molecule has 0 radical (unpaired) electrons. The lowest BCUT2D eigenvalue weighted by molar-refractivity contribution is -0.0691. The van der Waals surface area contributed by atoms with Gasteiger partial charge >= 0.3 is 0 Å². The van der Waals surface area contributed by atoms with Gasteiger partial charge in [0.05, 0.1) is 22.4 Å². The topological polar surface area (TPSA) is 43.8 Å². The van der Waals surface area contributed by atoms with E-state index in [0.717, 1.165) is 22.2 Å². The number of aryl methyl sites for hydroxylation is 1. The summed E-state index contributed by atoms with van der Waals surface area (Å²) in [6.07, 6.45) is 10.3. The second kappa shape index (κ2) is 4.08. The standard InChI is InChI=1S/C15H22BrN3/c1-19-13(12(16)8-18-19)14(17)15-5-9-2-10(6-15)4-11(3-9)7-15/h8-11,14H,2-7,17H2,1H3. The normalized spacial score (nSPS) is 41.7. The largest absolute Gasteiger partial charge is 0.322 e. The van der Waals surface area contributed by atoms with Crippen LogP contribution in [0.25, 0.3) is 0 Å². The number of aromatic nitrogens is 2. The van der Waals surface area contributed by atoms with E-state index >= 15 is 0 Å². The highest BCUT2D eigenvalue weighted by Gasteiger charge is 2.54. The number of rotatable bonds is 2. The average molecular weight is 324 g/mol. The SMILES string of the molecule is Cn1ncc(Br)c1C(N)C12CC3CC(CC(C3)C1)C2. The van der Waals surface area contributed by atoms with Crippen LogP contribution >= 0.6 is 15.9 Å². The van der Waals surface area contributed by atoms with Gasteiger partial charge in [0, 0.05) is 7.05 Å². The van der Waals surface area contributed by atoms with E-state index in [-0.39, 0.29) is 6.04 Å². The molecule has 0 aromatic carbocycles. The molecule has 0 saturated heterocycles. The third kappa shape index (κ3) is 1.75. The Hall–Kier alpha value is -0.350. The molecule has 1 aromatic heterocycles. The summed E-state index contributed by atoms with van der Waals surface area (Å²) in [5.74, 6) is 2.85. The molecule has 1 unspecified atom stereocenters. The summed E-state index contributed by atoms with van der Waals surface area (Å²) in [7, 11) is 2.01. The van der Waals surface area contributed by atoms with Crippen LogP contribution in [0.15, 0.2) is 10.7 Å². The van der Waals surface area contributed by atoms with E-state index < -0.39 is 0 Å². The van der Waals surface area contributed by atoms with Crippen molar-refractivity contribution in [3.63, 3.8) is 0 Å². The minimum absolute atomic E-state index is 0.141. The lowest BCUT2D eigenvalue weighted by Gasteiger charge is -2.58. The lowest BCUT2D eigenvalue weighted by atomic mass is 9.47. The van der Waals surface area contributed by atoms with E-state index in [1.807, 2.05) is 17.9 Å². The Morgan fingerprint density at radius 3 is 2.21 bits per heavy atom. The van der Waals surface area contributed by atoms with Crippen LogP contribution < -0.4 is 5.73 Å². The molecule has 4 saturated carbocycles. The van der Waals surface area contributed by atoms with Gasteiger partial charge in [0.2, 0.25) is 0 Å². The van der Waals surface area contributed by atoms with Gasteiger partial charge in [-0.2, -0.15) is 5.10 Å². The van der Waals surface area contributed by atoms with Crippen LogP contribution in [0.5, 0.6) is 0 Å². The summed E-state index contributed by atoms with van der Waals surface area (Å²) in [6.45, 7) is 0. The minimum Gasteiger partial charge on any atom is -0.322 e. The van der Waals surface area contributed by atoms with Gasteiger partial charge in [-0.15, -0.1) is 0 Å². The highest BCUT2D eigenvalue weighted by atomic mass is 79.9. The fourth-order valence-corrected chi connectivity index (χ4v) is 6.21. The van der Waals surface area contributed by atoms with E-state index in [0.29, 0.717) is 5.41 Å². The van der Waals surface area contributed by atoms with Crippen LogP contribution in [0.3, 0.4) is 0 Å². The van der Waals surface area contributed by atoms with Crippen molar-refractivity contribution in [2.45, 2.75) is 44.6 Å². The molecule has 1 atom stereocenters. The summed E-state index contributed by atoms with van der Waals surface area (Å²) >= 11 is 3.63. The molecule has 4 aliphatic carbocycles. The monoisotopic (exact) mass is 323 g/mol. The molecule has 0 aliphatic heterocycles. The number of nitrogens with zero attached hydrogens (tertiary/aromatic N) is 2. The van der Waals surface area contributed by atoms with Gasteiger partial charge in [0.25, 0.3) is 0 Å². The second-order valence-corrected chi connectivity index (χ2v) is 8.11. The Morgan fingerprint density at radius 1 is 1.26 bits per heavy atom. The first-order chi connectivity index (χ1) is 9.07. The molecular formula is C15H22BrN3. The highest BCUT2D eigenvalue weighted by molar-refractivity contribution is 9.10. The number of nitrogens with two attached hydrogens (primary N) is 1. The van der Waals surface area contributed by atoms with Crippen molar-refractivity contribution >= 4 is 15.9 Å². The molecular weight excluding hydrogens is 302 g/mol. The molecule has 4 heteroatoms. The van der Waals surface area contributed by atoms with E-state index in [2.05, 4.69) is 21.0 Å². The third-order valence-electron chi connectivity index (χ3n) is 5.98. The molecule has 3 nitrogen and oxygen atoms in total. The van der Waals surface area contributed by atoms with Gasteiger partial charge in [-0.25, -0.2) is 0 Å². The number of hydrogen-bond acceptors (Lipinski definition) is 2. The Bertz CT molecular complexity index is 453. The molecule has 0 spiro atoms. The smallest absolute Gasteiger partial charge is 0.0695 e. The van der Waals surface area contributed by atoms with Gasteiger partial charge in [-0.05, 0) is 77.6 Å². The predicted octanol–water partition coefficient (Wildman–Crippen LogP) is 3.40. The lowest BCUT2D eigenvalue weighted by Crippen LogP contribution is -2.51. The fraction of sp³-hybridized carbons (Fsp3) is 0.800. The molecule has 5 rings (SSSR count). The van der Waals surface area contributed by atoms with E-state index in [1.54, 1.807) is 0 Å². The van der Waals surface area contributed by atoms with Crippen LogP contribution in [0, 0.1) is 23.2 Å². The second-order valence-electron chi connectivity index (χ2n) is 7.26. The van der Waals surface area contributed by atoms with Crippen LogP contribution in [-0.2, 0) is 7.05 Å². The van der Waals surface area contributed by atoms with Crippen LogP contribution in [-0.4, -0.2) is 9.78 Å². The molecule has 2 N–H and O–H groups in total. The van der Waals surface area contributed by atoms with Crippen LogP contribution in [0.4, 0.5) is 0 Å². The Labute approximate surface area is 123 Å². The van der Waals surface area contributed by atoms with Crippen molar-refractivity contribution in [1.29, 1.82) is 0 Å². The zero-order valence-electron chi connectivity index (χ0n) is 11.5. The molecule has 104 valence electrons. The fourth-order valence-electron chi connectivity index (χ4n) is 5.62. The summed E-state index contributed by atoms with van der Waals surface area (Å²) < 4.78 is 3.05. The van der Waals surface area contributed by atoms with E-state index in [9.17, 15) is 0 Å². The highest BCUT2D eigenvalue weighted by Crippen LogP contribution is 2.63. The van der Waals surface area contributed by atoms with E-state index in [1.165, 1.54) is 44.2 Å². The van der Waals surface area contributed by atoms with Gasteiger partial charge < -0.3 is 5.73 Å². The summed E-state index contributed by atoms with van der Waals surface area (Å²) in [6, 6.07) is 0.141. The zero-order chi connectivity index (χ0) is 13.2. The van der Waals surface area contributed by atoms with E-state index in [4.69, 9.17) is 5.73 Å². The Morgan fingerprint density at radius 2 is 1.79 bits per heavy atom. The van der Waals surface area contributed by atoms with Crippen LogP contribution in [0.2, 0.25) is 0 Å². The summed E-state index contributed by atoms with van der Waals surface area (Å²) in [4.78, 5) is 0. The van der Waals surface area contributed by atoms with Gasteiger partial charge in [-0.1, -0.05) is 0 Å². The molecule has 4 bridgehead atoms. The number of hydrogen-bond donors (Lipinski definition) is 1. The summed E-state index contributed by atoms with van der Waals surface area (Å²) in [5, 5.41) is 4.35. The van der Waals surface area contributed by atoms with Gasteiger partial charge in [0.15, 0.2) is 0 Å². The molecule has 0 amide bonds. The minimum atomic E-state index is 0.141. The summed E-state index contributed by atoms with van der Waals surface area (Å²) in [5.41, 5.74) is 8.30. The molecule has 4 fully saturated rings. The van der Waals surface area contributed by atoms with Crippen molar-refractivity contribution in [2.75, 3.05) is 0 Å². The predicted molar refractivity (Wildman–Crippen MR) is 78.4 cm³/mol. The first-order valence-corrected chi connectivity index (χ1v) is 8.30. The Balaban J connectivity index is 1.72. The molecule has 1 heterocycles.